The standard InChI is InChI=1S/C19H22ClN3O2/c1-13-11-17(14(2)21-13)18(24)12-22-7-9-23(10-8-22)19(25)15-3-5-16(20)6-4-15/h3-6,11,21H,7-10,12H2,1-2H3. The molecule has 0 bridgehead atoms. The van der Waals surface area contributed by atoms with Crippen LogP contribution in [-0.2, 0) is 0 Å². The summed E-state index contributed by atoms with van der Waals surface area (Å²) >= 11 is 5.87. The van der Waals surface area contributed by atoms with Gasteiger partial charge in [0.1, 0.15) is 0 Å². The van der Waals surface area contributed by atoms with Gasteiger partial charge in [0.25, 0.3) is 5.91 Å². The van der Waals surface area contributed by atoms with Crippen molar-refractivity contribution in [3.63, 3.8) is 0 Å². The molecule has 1 aromatic carbocycles. The van der Waals surface area contributed by atoms with Gasteiger partial charge >= 0.3 is 0 Å². The zero-order valence-corrected chi connectivity index (χ0v) is 15.3. The quantitative estimate of drug-likeness (QED) is 0.854. The van der Waals surface area contributed by atoms with Crippen LogP contribution in [0.4, 0.5) is 0 Å². The number of hydrogen-bond donors (Lipinski definition) is 1. The van der Waals surface area contributed by atoms with Gasteiger partial charge < -0.3 is 9.88 Å². The van der Waals surface area contributed by atoms with Crippen molar-refractivity contribution < 1.29 is 9.59 Å². The molecule has 1 aliphatic rings. The summed E-state index contributed by atoms with van der Waals surface area (Å²) < 4.78 is 0. The third-order valence-corrected chi connectivity index (χ3v) is 4.82. The molecule has 1 aliphatic heterocycles. The Morgan fingerprint density at radius 3 is 2.28 bits per heavy atom. The minimum absolute atomic E-state index is 0.0137. The Kier molecular flexibility index (Phi) is 5.25. The van der Waals surface area contributed by atoms with E-state index in [4.69, 9.17) is 11.6 Å². The smallest absolute Gasteiger partial charge is 0.253 e. The molecule has 0 unspecified atom stereocenters. The lowest BCUT2D eigenvalue weighted by Crippen LogP contribution is -2.49. The molecule has 2 heterocycles. The van der Waals surface area contributed by atoms with Crippen molar-refractivity contribution in [3.8, 4) is 0 Å². The Morgan fingerprint density at radius 2 is 1.72 bits per heavy atom. The van der Waals surface area contributed by atoms with Crippen molar-refractivity contribution >= 4 is 23.3 Å². The highest BCUT2D eigenvalue weighted by molar-refractivity contribution is 6.30. The molecular formula is C19H22ClN3O2. The van der Waals surface area contributed by atoms with E-state index in [2.05, 4.69) is 9.88 Å². The van der Waals surface area contributed by atoms with Gasteiger partial charge in [0.05, 0.1) is 6.54 Å². The van der Waals surface area contributed by atoms with Crippen LogP contribution in [0.15, 0.2) is 30.3 Å². The summed E-state index contributed by atoms with van der Waals surface area (Å²) in [7, 11) is 0. The number of ketones is 1. The Hall–Kier alpha value is -2.11. The van der Waals surface area contributed by atoms with E-state index in [0.29, 0.717) is 43.3 Å². The second-order valence-electron chi connectivity index (χ2n) is 6.49. The van der Waals surface area contributed by atoms with Crippen molar-refractivity contribution in [1.29, 1.82) is 0 Å². The maximum absolute atomic E-state index is 12.5. The lowest BCUT2D eigenvalue weighted by Gasteiger charge is -2.34. The van der Waals surface area contributed by atoms with E-state index >= 15 is 0 Å². The third-order valence-electron chi connectivity index (χ3n) is 4.57. The maximum atomic E-state index is 12.5. The molecule has 0 atom stereocenters. The number of benzene rings is 1. The van der Waals surface area contributed by atoms with Gasteiger partial charge in [0.15, 0.2) is 5.78 Å². The number of carbonyl (C=O) groups excluding carboxylic acids is 2. The van der Waals surface area contributed by atoms with Crippen LogP contribution in [0.25, 0.3) is 0 Å². The lowest BCUT2D eigenvalue weighted by molar-refractivity contribution is 0.0624. The van der Waals surface area contributed by atoms with Gasteiger partial charge in [-0.2, -0.15) is 0 Å². The molecule has 0 radical (unpaired) electrons. The van der Waals surface area contributed by atoms with Crippen LogP contribution < -0.4 is 0 Å². The topological polar surface area (TPSA) is 56.4 Å². The Labute approximate surface area is 152 Å². The van der Waals surface area contributed by atoms with Gasteiger partial charge in [-0.3, -0.25) is 14.5 Å². The Balaban J connectivity index is 1.55. The third kappa shape index (κ3) is 4.11. The number of halogens is 1. The summed E-state index contributed by atoms with van der Waals surface area (Å²) in [4.78, 5) is 32.1. The number of piperazine rings is 1. The number of aromatic nitrogens is 1. The predicted octanol–water partition coefficient (Wildman–Crippen LogP) is 2.93. The number of rotatable bonds is 4. The molecule has 5 nitrogen and oxygen atoms in total. The fourth-order valence-corrected chi connectivity index (χ4v) is 3.31. The highest BCUT2D eigenvalue weighted by Crippen LogP contribution is 2.14. The highest BCUT2D eigenvalue weighted by atomic mass is 35.5. The molecule has 0 spiro atoms. The van der Waals surface area contributed by atoms with Crippen LogP contribution in [0, 0.1) is 13.8 Å². The first-order valence-corrected chi connectivity index (χ1v) is 8.78. The summed E-state index contributed by atoms with van der Waals surface area (Å²) in [6.45, 7) is 6.91. The van der Waals surface area contributed by atoms with Gasteiger partial charge in [-0.25, -0.2) is 0 Å². The van der Waals surface area contributed by atoms with Crippen molar-refractivity contribution in [2.75, 3.05) is 32.7 Å². The molecule has 2 aromatic rings. The molecule has 1 N–H and O–H groups in total. The van der Waals surface area contributed by atoms with Gasteiger partial charge in [0, 0.05) is 53.7 Å². The molecule has 1 amide bonds. The number of nitrogens with one attached hydrogen (secondary N) is 1. The van der Waals surface area contributed by atoms with Crippen LogP contribution in [0.2, 0.25) is 5.02 Å². The molecule has 0 aliphatic carbocycles. The van der Waals surface area contributed by atoms with Gasteiger partial charge in [0.2, 0.25) is 0 Å². The molecule has 3 rings (SSSR count). The summed E-state index contributed by atoms with van der Waals surface area (Å²) in [5, 5.41) is 0.621. The Morgan fingerprint density at radius 1 is 1.08 bits per heavy atom. The fourth-order valence-electron chi connectivity index (χ4n) is 3.19. The average Bonchev–Trinajstić information content (AvgIpc) is 2.94. The number of hydrogen-bond acceptors (Lipinski definition) is 3. The van der Waals surface area contributed by atoms with Crippen molar-refractivity contribution in [2.24, 2.45) is 0 Å². The molecule has 25 heavy (non-hydrogen) atoms. The molecule has 1 aromatic heterocycles. The normalized spacial score (nSPS) is 15.4. The van der Waals surface area contributed by atoms with E-state index in [-0.39, 0.29) is 11.7 Å². The van der Waals surface area contributed by atoms with Gasteiger partial charge in [-0.1, -0.05) is 11.6 Å². The van der Waals surface area contributed by atoms with E-state index in [1.807, 2.05) is 24.8 Å². The molecule has 6 heteroatoms. The van der Waals surface area contributed by atoms with E-state index in [9.17, 15) is 9.59 Å². The number of carbonyl (C=O) groups is 2. The van der Waals surface area contributed by atoms with E-state index < -0.39 is 0 Å². The van der Waals surface area contributed by atoms with Crippen molar-refractivity contribution in [2.45, 2.75) is 13.8 Å². The van der Waals surface area contributed by atoms with Crippen LogP contribution in [0.5, 0.6) is 0 Å². The van der Waals surface area contributed by atoms with E-state index in [0.717, 1.165) is 17.0 Å². The van der Waals surface area contributed by atoms with Crippen LogP contribution in [0.1, 0.15) is 32.1 Å². The Bertz CT molecular complexity index is 774. The average molecular weight is 360 g/mol. The monoisotopic (exact) mass is 359 g/mol. The minimum Gasteiger partial charge on any atom is -0.362 e. The highest BCUT2D eigenvalue weighted by Gasteiger charge is 2.24. The zero-order chi connectivity index (χ0) is 18.0. The number of amides is 1. The first-order chi connectivity index (χ1) is 11.9. The number of H-pyrrole nitrogens is 1. The zero-order valence-electron chi connectivity index (χ0n) is 14.5. The summed E-state index contributed by atoms with van der Waals surface area (Å²) in [6, 6.07) is 8.85. The first-order valence-electron chi connectivity index (χ1n) is 8.40. The lowest BCUT2D eigenvalue weighted by atomic mass is 10.1. The fraction of sp³-hybridized carbons (Fsp3) is 0.368. The summed E-state index contributed by atoms with van der Waals surface area (Å²) in [5.41, 5.74) is 3.32. The molecular weight excluding hydrogens is 338 g/mol. The van der Waals surface area contributed by atoms with Gasteiger partial charge in [-0.15, -0.1) is 0 Å². The predicted molar refractivity (Wildman–Crippen MR) is 98.4 cm³/mol. The van der Waals surface area contributed by atoms with Gasteiger partial charge in [-0.05, 0) is 44.2 Å². The van der Waals surface area contributed by atoms with Crippen LogP contribution in [0.3, 0.4) is 0 Å². The van der Waals surface area contributed by atoms with E-state index in [1.54, 1.807) is 24.3 Å². The molecule has 1 saturated heterocycles. The SMILES string of the molecule is Cc1cc(C(=O)CN2CCN(C(=O)c3ccc(Cl)cc3)CC2)c(C)[nH]1. The maximum Gasteiger partial charge on any atom is 0.253 e. The number of Topliss-reactive ketones (excluding diaryl/α,β-unsaturated/α-hetero) is 1. The van der Waals surface area contributed by atoms with E-state index in [1.165, 1.54) is 0 Å². The largest absolute Gasteiger partial charge is 0.362 e. The summed E-state index contributed by atoms with van der Waals surface area (Å²) in [6.07, 6.45) is 0. The molecule has 132 valence electrons. The van der Waals surface area contributed by atoms with Crippen LogP contribution >= 0.6 is 11.6 Å². The van der Waals surface area contributed by atoms with Crippen molar-refractivity contribution in [3.05, 3.63) is 57.9 Å². The second kappa shape index (κ2) is 7.42. The number of aromatic amines is 1. The van der Waals surface area contributed by atoms with Crippen molar-refractivity contribution in [1.82, 2.24) is 14.8 Å². The molecule has 1 fully saturated rings. The second-order valence-corrected chi connectivity index (χ2v) is 6.93. The number of aryl methyl sites for hydroxylation is 2. The minimum atomic E-state index is 0.0137. The summed E-state index contributed by atoms with van der Waals surface area (Å²) in [5.74, 6) is 0.138. The first kappa shape index (κ1) is 17.7. The molecule has 0 saturated carbocycles. The number of nitrogens with zero attached hydrogens (tertiary/aromatic N) is 2. The van der Waals surface area contributed by atoms with Crippen LogP contribution in [-0.4, -0.2) is 59.2 Å².